The first-order chi connectivity index (χ1) is 9.22. The zero-order valence-electron chi connectivity index (χ0n) is 11.0. The number of nitrogens with zero attached hydrogens (tertiary/aromatic N) is 2. The molecule has 19 heavy (non-hydrogen) atoms. The number of aromatic nitrogens is 2. The lowest BCUT2D eigenvalue weighted by atomic mass is 10.3. The van der Waals surface area contributed by atoms with Crippen molar-refractivity contribution in [1.82, 2.24) is 9.55 Å². The van der Waals surface area contributed by atoms with Gasteiger partial charge in [-0.05, 0) is 25.0 Å². The highest BCUT2D eigenvalue weighted by atomic mass is 16.5. The first-order valence-electron chi connectivity index (χ1n) is 6.34. The zero-order valence-corrected chi connectivity index (χ0v) is 11.0. The molecule has 100 valence electrons. The summed E-state index contributed by atoms with van der Waals surface area (Å²) in [6.45, 7) is 0. The quantitative estimate of drug-likeness (QED) is 0.790. The highest BCUT2D eigenvalue weighted by Gasteiger charge is 2.29. The van der Waals surface area contributed by atoms with Gasteiger partial charge in [0.1, 0.15) is 18.0 Å². The number of hydrogen-bond donors (Lipinski definition) is 0. The minimum atomic E-state index is -0.260. The summed E-state index contributed by atoms with van der Waals surface area (Å²) in [6, 6.07) is 6.29. The first kappa shape index (κ1) is 12.0. The van der Waals surface area contributed by atoms with E-state index in [9.17, 15) is 4.79 Å². The van der Waals surface area contributed by atoms with Crippen LogP contribution in [-0.4, -0.2) is 29.7 Å². The van der Waals surface area contributed by atoms with E-state index in [0.717, 1.165) is 35.4 Å². The Morgan fingerprint density at radius 3 is 2.84 bits per heavy atom. The minimum Gasteiger partial charge on any atom is -0.497 e. The van der Waals surface area contributed by atoms with Crippen molar-refractivity contribution in [1.29, 1.82) is 0 Å². The normalized spacial score (nSPS) is 14.6. The molecule has 1 heterocycles. The van der Waals surface area contributed by atoms with Gasteiger partial charge in [-0.15, -0.1) is 0 Å². The van der Waals surface area contributed by atoms with Crippen molar-refractivity contribution in [2.24, 2.45) is 0 Å². The van der Waals surface area contributed by atoms with Crippen LogP contribution in [0.3, 0.4) is 0 Å². The maximum Gasteiger partial charge on any atom is 0.313 e. The number of hydrogen-bond acceptors (Lipinski definition) is 4. The lowest BCUT2D eigenvalue weighted by molar-refractivity contribution is -0.139. The maximum absolute atomic E-state index is 11.5. The summed E-state index contributed by atoms with van der Waals surface area (Å²) in [4.78, 5) is 16.0. The molecule has 0 radical (unpaired) electrons. The number of benzene rings is 1. The summed E-state index contributed by atoms with van der Waals surface area (Å²) >= 11 is 0. The Kier molecular flexibility index (Phi) is 2.89. The van der Waals surface area contributed by atoms with Gasteiger partial charge in [-0.2, -0.15) is 0 Å². The fourth-order valence-electron chi connectivity index (χ4n) is 2.32. The van der Waals surface area contributed by atoms with E-state index in [2.05, 4.69) is 9.55 Å². The number of carbonyl (C=O) groups excluding carboxylic acids is 1. The van der Waals surface area contributed by atoms with Gasteiger partial charge in [0.25, 0.3) is 0 Å². The van der Waals surface area contributed by atoms with Crippen LogP contribution in [0.1, 0.15) is 24.7 Å². The number of carbonyl (C=O) groups is 1. The molecule has 0 spiro atoms. The molecule has 1 aliphatic rings. The van der Waals surface area contributed by atoms with Crippen molar-refractivity contribution in [3.8, 4) is 5.75 Å². The van der Waals surface area contributed by atoms with E-state index in [-0.39, 0.29) is 12.4 Å². The lowest BCUT2D eigenvalue weighted by Gasteiger charge is -2.06. The van der Waals surface area contributed by atoms with Gasteiger partial charge in [-0.25, -0.2) is 4.98 Å². The molecule has 3 rings (SSSR count). The van der Waals surface area contributed by atoms with Crippen molar-refractivity contribution in [3.05, 3.63) is 24.0 Å². The van der Waals surface area contributed by atoms with Gasteiger partial charge in [-0.1, -0.05) is 0 Å². The molecule has 1 aliphatic carbocycles. The Bertz CT molecular complexity index is 629. The van der Waals surface area contributed by atoms with E-state index in [1.807, 2.05) is 18.2 Å². The average molecular weight is 260 g/mol. The van der Waals surface area contributed by atoms with E-state index < -0.39 is 0 Å². The van der Waals surface area contributed by atoms with Crippen LogP contribution in [0.4, 0.5) is 0 Å². The van der Waals surface area contributed by atoms with Crippen molar-refractivity contribution >= 4 is 17.0 Å². The van der Waals surface area contributed by atoms with Crippen molar-refractivity contribution in [2.75, 3.05) is 14.2 Å². The van der Waals surface area contributed by atoms with E-state index in [1.165, 1.54) is 7.11 Å². The fraction of sp³-hybridized carbons (Fsp3) is 0.429. The van der Waals surface area contributed by atoms with Gasteiger partial charge in [-0.3, -0.25) is 4.79 Å². The Balaban J connectivity index is 2.09. The van der Waals surface area contributed by atoms with Gasteiger partial charge < -0.3 is 14.0 Å². The average Bonchev–Trinajstić information content (AvgIpc) is 3.19. The Morgan fingerprint density at radius 1 is 1.42 bits per heavy atom. The molecular formula is C14H16N2O3. The molecule has 1 saturated carbocycles. The topological polar surface area (TPSA) is 53.4 Å². The number of imidazole rings is 1. The smallest absolute Gasteiger partial charge is 0.313 e. The van der Waals surface area contributed by atoms with Crippen molar-refractivity contribution in [2.45, 2.75) is 25.3 Å². The predicted octanol–water partition coefficient (Wildman–Crippen LogP) is 2.10. The number of fused-ring (bicyclic) bond motifs is 1. The molecule has 5 heteroatoms. The first-order valence-corrected chi connectivity index (χ1v) is 6.34. The fourth-order valence-corrected chi connectivity index (χ4v) is 2.32. The van der Waals surface area contributed by atoms with Crippen LogP contribution in [0.2, 0.25) is 0 Å². The second-order valence-corrected chi connectivity index (χ2v) is 4.74. The lowest BCUT2D eigenvalue weighted by Crippen LogP contribution is -2.10. The third-order valence-corrected chi connectivity index (χ3v) is 3.41. The Labute approximate surface area is 111 Å². The summed E-state index contributed by atoms with van der Waals surface area (Å²) in [5.41, 5.74) is 1.92. The second-order valence-electron chi connectivity index (χ2n) is 4.74. The van der Waals surface area contributed by atoms with E-state index in [4.69, 9.17) is 9.47 Å². The summed E-state index contributed by atoms with van der Waals surface area (Å²) in [5, 5.41) is 0. The van der Waals surface area contributed by atoms with Crippen LogP contribution in [0.25, 0.3) is 11.0 Å². The van der Waals surface area contributed by atoms with Gasteiger partial charge >= 0.3 is 5.97 Å². The summed E-state index contributed by atoms with van der Waals surface area (Å²) < 4.78 is 12.1. The van der Waals surface area contributed by atoms with Gasteiger partial charge in [0.05, 0.1) is 25.3 Å². The molecule has 1 aromatic carbocycles. The van der Waals surface area contributed by atoms with Crippen LogP contribution in [-0.2, 0) is 16.0 Å². The molecule has 5 nitrogen and oxygen atoms in total. The molecular weight excluding hydrogens is 244 g/mol. The monoisotopic (exact) mass is 260 g/mol. The van der Waals surface area contributed by atoms with Crippen LogP contribution < -0.4 is 4.74 Å². The molecule has 1 aromatic heterocycles. The number of rotatable bonds is 4. The van der Waals surface area contributed by atoms with Gasteiger partial charge in [0.2, 0.25) is 0 Å². The van der Waals surface area contributed by atoms with E-state index in [1.54, 1.807) is 7.11 Å². The molecule has 2 aromatic rings. The molecule has 0 amide bonds. The largest absolute Gasteiger partial charge is 0.497 e. The number of ether oxygens (including phenoxy) is 2. The van der Waals surface area contributed by atoms with Crippen LogP contribution in [0.5, 0.6) is 5.75 Å². The van der Waals surface area contributed by atoms with Crippen molar-refractivity contribution < 1.29 is 14.3 Å². The molecule has 0 aliphatic heterocycles. The predicted molar refractivity (Wildman–Crippen MR) is 70.3 cm³/mol. The van der Waals surface area contributed by atoms with Crippen LogP contribution in [0.15, 0.2) is 18.2 Å². The summed E-state index contributed by atoms with van der Waals surface area (Å²) in [6.07, 6.45) is 2.50. The van der Waals surface area contributed by atoms with E-state index >= 15 is 0 Å². The molecule has 0 unspecified atom stereocenters. The molecule has 1 fully saturated rings. The number of methoxy groups -OCH3 is 2. The zero-order chi connectivity index (χ0) is 13.4. The Morgan fingerprint density at radius 2 is 2.21 bits per heavy atom. The molecule has 0 bridgehead atoms. The standard InChI is InChI=1S/C14H16N2O3/c1-18-10-5-6-12-11(7-10)15-13(8-14(17)19-2)16(12)9-3-4-9/h5-7,9H,3-4,8H2,1-2H3. The minimum absolute atomic E-state index is 0.212. The maximum atomic E-state index is 11.5. The van der Waals surface area contributed by atoms with Gasteiger partial charge in [0, 0.05) is 12.1 Å². The Hall–Kier alpha value is -2.04. The van der Waals surface area contributed by atoms with Gasteiger partial charge in [0.15, 0.2) is 0 Å². The second kappa shape index (κ2) is 4.57. The molecule has 0 atom stereocenters. The van der Waals surface area contributed by atoms with E-state index in [0.29, 0.717) is 6.04 Å². The third kappa shape index (κ3) is 2.16. The molecule has 0 saturated heterocycles. The van der Waals surface area contributed by atoms with Crippen LogP contribution in [0, 0.1) is 0 Å². The summed E-state index contributed by atoms with van der Waals surface area (Å²) in [5.74, 6) is 1.29. The highest BCUT2D eigenvalue weighted by Crippen LogP contribution is 2.39. The SMILES string of the molecule is COC(=O)Cc1nc2cc(OC)ccc2n1C1CC1. The summed E-state index contributed by atoms with van der Waals surface area (Å²) in [7, 11) is 3.03. The molecule has 0 N–H and O–H groups in total. The number of esters is 1. The highest BCUT2D eigenvalue weighted by molar-refractivity contribution is 5.80. The van der Waals surface area contributed by atoms with Crippen molar-refractivity contribution in [3.63, 3.8) is 0 Å². The third-order valence-electron chi connectivity index (χ3n) is 3.41. The van der Waals surface area contributed by atoms with Crippen LogP contribution >= 0.6 is 0 Å².